The van der Waals surface area contributed by atoms with Crippen LogP contribution in [-0.4, -0.2) is 27.0 Å². The summed E-state index contributed by atoms with van der Waals surface area (Å²) in [5.41, 5.74) is 2.74. The molecule has 3 heterocycles. The van der Waals surface area contributed by atoms with Crippen LogP contribution in [0.2, 0.25) is 5.02 Å². The van der Waals surface area contributed by atoms with Crippen molar-refractivity contribution in [3.8, 4) is 5.75 Å². The van der Waals surface area contributed by atoms with E-state index in [0.717, 1.165) is 39.1 Å². The Bertz CT molecular complexity index is 1730. The van der Waals surface area contributed by atoms with Gasteiger partial charge in [-0.25, -0.2) is 4.90 Å². The molecule has 1 aromatic heterocycles. The lowest BCUT2D eigenvalue weighted by Gasteiger charge is -2.31. The number of carbonyl (C=O) groups is 2. The number of hydrogen-bond acceptors (Lipinski definition) is 8. The number of halogens is 1. The SMILES string of the molecule is Cc1ccccc1COc1ccc(Cl)cc1C1c2sc(=O)[nH]c2SC2C(=O)N(c3ccc([N+](=O)[O-])cc3)C(=O)C21. The first-order chi connectivity index (χ1) is 19.2. The van der Waals surface area contributed by atoms with Gasteiger partial charge in [-0.3, -0.25) is 24.5 Å². The van der Waals surface area contributed by atoms with Gasteiger partial charge in [0.1, 0.15) is 17.6 Å². The zero-order chi connectivity index (χ0) is 28.1. The van der Waals surface area contributed by atoms with Crippen LogP contribution in [0.1, 0.15) is 27.5 Å². The number of fused-ring (bicyclic) bond motifs is 2. The number of imide groups is 1. The molecule has 202 valence electrons. The van der Waals surface area contributed by atoms with Crippen LogP contribution in [0.25, 0.3) is 0 Å². The number of aryl methyl sites for hydroxylation is 1. The van der Waals surface area contributed by atoms with Crippen molar-refractivity contribution in [3.63, 3.8) is 0 Å². The van der Waals surface area contributed by atoms with E-state index >= 15 is 0 Å². The van der Waals surface area contributed by atoms with Crippen LogP contribution in [0.4, 0.5) is 11.4 Å². The first-order valence-electron chi connectivity index (χ1n) is 12.2. The summed E-state index contributed by atoms with van der Waals surface area (Å²) >= 11 is 8.58. The minimum atomic E-state index is -0.856. The van der Waals surface area contributed by atoms with E-state index in [9.17, 15) is 24.5 Å². The highest BCUT2D eigenvalue weighted by molar-refractivity contribution is 8.00. The van der Waals surface area contributed by atoms with Crippen LogP contribution in [-0.2, 0) is 16.2 Å². The number of benzene rings is 3. The number of hydrogen-bond donors (Lipinski definition) is 1. The molecule has 0 radical (unpaired) electrons. The summed E-state index contributed by atoms with van der Waals surface area (Å²) in [5.74, 6) is -1.97. The molecule has 0 bridgehead atoms. The van der Waals surface area contributed by atoms with Gasteiger partial charge in [-0.05, 0) is 48.4 Å². The summed E-state index contributed by atoms with van der Waals surface area (Å²) in [5, 5.41) is 11.2. The molecule has 2 aliphatic heterocycles. The topological polar surface area (TPSA) is 123 Å². The molecule has 3 aromatic carbocycles. The molecule has 4 aromatic rings. The predicted molar refractivity (Wildman–Crippen MR) is 152 cm³/mol. The quantitative estimate of drug-likeness (QED) is 0.173. The highest BCUT2D eigenvalue weighted by Crippen LogP contribution is 2.54. The molecule has 0 spiro atoms. The van der Waals surface area contributed by atoms with Crippen molar-refractivity contribution in [2.24, 2.45) is 5.92 Å². The lowest BCUT2D eigenvalue weighted by molar-refractivity contribution is -0.384. The number of thiazole rings is 1. The number of nitro benzene ring substituents is 1. The van der Waals surface area contributed by atoms with Crippen molar-refractivity contribution < 1.29 is 19.2 Å². The van der Waals surface area contributed by atoms with Crippen LogP contribution < -0.4 is 14.5 Å². The zero-order valence-corrected chi connectivity index (χ0v) is 23.2. The number of non-ortho nitro benzene ring substituents is 1. The molecule has 6 rings (SSSR count). The average Bonchev–Trinajstić information content (AvgIpc) is 3.43. The number of thioether (sulfide) groups is 1. The van der Waals surface area contributed by atoms with Crippen molar-refractivity contribution in [1.29, 1.82) is 0 Å². The second-order valence-corrected chi connectivity index (χ2v) is 12.0. The van der Waals surface area contributed by atoms with Gasteiger partial charge in [-0.1, -0.05) is 59.0 Å². The number of nitrogens with zero attached hydrogens (tertiary/aromatic N) is 2. The largest absolute Gasteiger partial charge is 0.489 e. The van der Waals surface area contributed by atoms with Crippen molar-refractivity contribution in [1.82, 2.24) is 4.98 Å². The Morgan fingerprint density at radius 3 is 2.52 bits per heavy atom. The van der Waals surface area contributed by atoms with E-state index in [2.05, 4.69) is 4.98 Å². The minimum Gasteiger partial charge on any atom is -0.489 e. The van der Waals surface area contributed by atoms with Gasteiger partial charge >= 0.3 is 4.87 Å². The Balaban J connectivity index is 1.43. The second-order valence-electron chi connectivity index (χ2n) is 9.43. The summed E-state index contributed by atoms with van der Waals surface area (Å²) in [6.45, 7) is 2.26. The van der Waals surface area contributed by atoms with E-state index < -0.39 is 33.8 Å². The summed E-state index contributed by atoms with van der Waals surface area (Å²) in [4.78, 5) is 54.9. The molecule has 40 heavy (non-hydrogen) atoms. The van der Waals surface area contributed by atoms with Gasteiger partial charge in [-0.15, -0.1) is 0 Å². The monoisotopic (exact) mass is 593 g/mol. The average molecular weight is 594 g/mol. The molecule has 2 amide bonds. The number of carbonyl (C=O) groups excluding carboxylic acids is 2. The van der Waals surface area contributed by atoms with Crippen LogP contribution in [0.5, 0.6) is 5.75 Å². The Kier molecular flexibility index (Phi) is 6.73. The highest BCUT2D eigenvalue weighted by atomic mass is 35.5. The van der Waals surface area contributed by atoms with E-state index in [1.165, 1.54) is 24.3 Å². The first-order valence-corrected chi connectivity index (χ1v) is 14.3. The van der Waals surface area contributed by atoms with E-state index in [4.69, 9.17) is 16.3 Å². The Morgan fingerprint density at radius 1 is 1.05 bits per heavy atom. The van der Waals surface area contributed by atoms with E-state index in [0.29, 0.717) is 26.2 Å². The molecule has 0 aliphatic carbocycles. The van der Waals surface area contributed by atoms with Crippen molar-refractivity contribution in [3.05, 3.63) is 113 Å². The number of aromatic nitrogens is 1. The molecule has 9 nitrogen and oxygen atoms in total. The Hall–Kier alpha value is -3.93. The number of nitrogens with one attached hydrogen (secondary N) is 1. The molecule has 3 unspecified atom stereocenters. The van der Waals surface area contributed by atoms with Crippen molar-refractivity contribution >= 4 is 57.9 Å². The van der Waals surface area contributed by atoms with Gasteiger partial charge in [-0.2, -0.15) is 0 Å². The number of amides is 2. The van der Waals surface area contributed by atoms with Crippen LogP contribution in [0.3, 0.4) is 0 Å². The van der Waals surface area contributed by atoms with E-state index in [1.807, 2.05) is 31.2 Å². The molecule has 12 heteroatoms. The third-order valence-electron chi connectivity index (χ3n) is 7.09. The summed E-state index contributed by atoms with van der Waals surface area (Å²) in [6, 6.07) is 18.3. The summed E-state index contributed by atoms with van der Waals surface area (Å²) < 4.78 is 6.27. The smallest absolute Gasteiger partial charge is 0.305 e. The van der Waals surface area contributed by atoms with Gasteiger partial charge < -0.3 is 9.72 Å². The molecule has 2 aliphatic rings. The van der Waals surface area contributed by atoms with Gasteiger partial charge in [0.15, 0.2) is 0 Å². The number of H-pyrrole nitrogens is 1. The number of anilines is 1. The van der Waals surface area contributed by atoms with Gasteiger partial charge in [0, 0.05) is 33.5 Å². The van der Waals surface area contributed by atoms with Crippen molar-refractivity contribution in [2.75, 3.05) is 4.90 Å². The number of ether oxygens (including phenoxy) is 1. The van der Waals surface area contributed by atoms with Crippen LogP contribution in [0, 0.1) is 23.0 Å². The zero-order valence-electron chi connectivity index (χ0n) is 20.8. The van der Waals surface area contributed by atoms with Gasteiger partial charge in [0.05, 0.1) is 21.6 Å². The standard InChI is InChI=1S/C28H20ClN3O6S2/c1-14-4-2-3-5-15(14)13-38-20-11-6-16(29)12-19(20)21-22-24(39-25-23(21)40-28(35)30-25)27(34)31(26(22)33)17-7-9-18(10-8-17)32(36)37/h2-12,21-22,24H,13H2,1H3,(H,30,35). The maximum Gasteiger partial charge on any atom is 0.305 e. The Labute approximate surface area is 240 Å². The number of rotatable bonds is 6. The molecule has 1 saturated heterocycles. The summed E-state index contributed by atoms with van der Waals surface area (Å²) in [6.07, 6.45) is 0. The third kappa shape index (κ3) is 4.49. The third-order valence-corrected chi connectivity index (χ3v) is 9.73. The van der Waals surface area contributed by atoms with Crippen LogP contribution >= 0.6 is 34.7 Å². The summed E-state index contributed by atoms with van der Waals surface area (Å²) in [7, 11) is 0. The fourth-order valence-corrected chi connectivity index (χ4v) is 7.84. The maximum absolute atomic E-state index is 14.0. The number of aromatic amines is 1. The highest BCUT2D eigenvalue weighted by Gasteiger charge is 2.57. The van der Waals surface area contributed by atoms with Crippen LogP contribution in [0.15, 0.2) is 76.6 Å². The van der Waals surface area contributed by atoms with Gasteiger partial charge in [0.2, 0.25) is 11.8 Å². The minimum absolute atomic E-state index is 0.151. The molecule has 3 atom stereocenters. The normalized spacial score (nSPS) is 19.9. The molecular weight excluding hydrogens is 574 g/mol. The Morgan fingerprint density at radius 2 is 1.80 bits per heavy atom. The molecular formula is C28H20ClN3O6S2. The predicted octanol–water partition coefficient (Wildman–Crippen LogP) is 5.68. The fraction of sp³-hybridized carbons (Fsp3) is 0.179. The first kappa shape index (κ1) is 26.3. The van der Waals surface area contributed by atoms with Crippen molar-refractivity contribution in [2.45, 2.75) is 29.7 Å². The van der Waals surface area contributed by atoms with E-state index in [-0.39, 0.29) is 22.9 Å². The molecule has 1 N–H and O–H groups in total. The maximum atomic E-state index is 14.0. The van der Waals surface area contributed by atoms with E-state index in [1.54, 1.807) is 18.2 Å². The molecule has 0 saturated carbocycles. The number of nitro groups is 1. The molecule has 1 fully saturated rings. The lowest BCUT2D eigenvalue weighted by Crippen LogP contribution is -2.32. The van der Waals surface area contributed by atoms with Gasteiger partial charge in [0.25, 0.3) is 5.69 Å². The fourth-order valence-electron chi connectivity index (χ4n) is 5.15. The lowest BCUT2D eigenvalue weighted by atomic mass is 9.82. The second kappa shape index (κ2) is 10.2.